The molecule has 4 N–H and O–H groups in total. The highest BCUT2D eigenvalue weighted by atomic mass is 32.1. The minimum absolute atomic E-state index is 0.366. The van der Waals surface area contributed by atoms with E-state index >= 15 is 0 Å². The highest BCUT2D eigenvalue weighted by molar-refractivity contribution is 7.78. The first-order valence-corrected chi connectivity index (χ1v) is 7.43. The van der Waals surface area contributed by atoms with E-state index in [1.54, 1.807) is 5.37 Å². The minimum atomic E-state index is -1.29. The number of nitrogens with one attached hydrogen (secondary N) is 1. The normalized spacial score (nSPS) is 32.7. The lowest BCUT2D eigenvalue weighted by Crippen LogP contribution is -2.64. The van der Waals surface area contributed by atoms with Crippen LogP contribution in [0.1, 0.15) is 26.2 Å². The van der Waals surface area contributed by atoms with Crippen LogP contribution in [-0.2, 0) is 14.3 Å². The Morgan fingerprint density at radius 2 is 2.10 bits per heavy atom. The second kappa shape index (κ2) is 9.39. The van der Waals surface area contributed by atoms with Gasteiger partial charge in [-0.1, -0.05) is 12.2 Å². The molecule has 0 radical (unpaired) electrons. The van der Waals surface area contributed by atoms with E-state index in [9.17, 15) is 15.0 Å². The molecular formula is C13H23NO6S. The molecule has 21 heavy (non-hydrogen) atoms. The first kappa shape index (κ1) is 18.4. The van der Waals surface area contributed by atoms with E-state index in [2.05, 4.69) is 5.32 Å². The van der Waals surface area contributed by atoms with Crippen LogP contribution in [0, 0.1) is 0 Å². The molecular weight excluding hydrogens is 298 g/mol. The number of amides is 1. The molecule has 1 aliphatic rings. The van der Waals surface area contributed by atoms with Gasteiger partial charge in [-0.25, -0.2) is 0 Å². The predicted octanol–water partition coefficient (Wildman–Crippen LogP) is -0.883. The van der Waals surface area contributed by atoms with Crippen LogP contribution in [0.3, 0.4) is 0 Å². The van der Waals surface area contributed by atoms with Crippen molar-refractivity contribution in [1.82, 2.24) is 5.32 Å². The summed E-state index contributed by atoms with van der Waals surface area (Å²) in [4.78, 5) is 11.2. The first-order chi connectivity index (χ1) is 10.0. The van der Waals surface area contributed by atoms with E-state index in [0.717, 1.165) is 19.3 Å². The molecule has 1 rings (SSSR count). The molecule has 122 valence electrons. The predicted molar refractivity (Wildman–Crippen MR) is 78.8 cm³/mol. The van der Waals surface area contributed by atoms with Gasteiger partial charge in [0, 0.05) is 13.5 Å². The van der Waals surface area contributed by atoms with Crippen molar-refractivity contribution in [2.45, 2.75) is 56.8 Å². The number of thiocarbonyl (C=S) groups is 1. The van der Waals surface area contributed by atoms with Crippen molar-refractivity contribution >= 4 is 23.5 Å². The van der Waals surface area contributed by atoms with Gasteiger partial charge in [0.1, 0.15) is 24.4 Å². The van der Waals surface area contributed by atoms with Gasteiger partial charge in [0.15, 0.2) is 6.29 Å². The number of hydrogen-bond acceptors (Lipinski definition) is 7. The second-order valence-electron chi connectivity index (χ2n) is 4.97. The zero-order valence-corrected chi connectivity index (χ0v) is 12.8. The Hall–Kier alpha value is -0.640. The van der Waals surface area contributed by atoms with Crippen LogP contribution in [0.2, 0.25) is 0 Å². The third-order valence-electron chi connectivity index (χ3n) is 3.25. The summed E-state index contributed by atoms with van der Waals surface area (Å²) in [5.41, 5.74) is 0. The zero-order valence-electron chi connectivity index (χ0n) is 12.0. The molecule has 0 aromatic rings. The lowest BCUT2D eigenvalue weighted by atomic mass is 9.97. The SMILES string of the molecule is CC(=O)N[C@H]1[C@@H](OCCCCC=S)O[C@H](CO)[C@H](O)[C@@H]1O. The Morgan fingerprint density at radius 3 is 2.67 bits per heavy atom. The lowest BCUT2D eigenvalue weighted by Gasteiger charge is -2.42. The van der Waals surface area contributed by atoms with E-state index in [4.69, 9.17) is 26.8 Å². The summed E-state index contributed by atoms with van der Waals surface area (Å²) in [5.74, 6) is -0.369. The fraction of sp³-hybridized carbons (Fsp3) is 0.846. The topological polar surface area (TPSA) is 108 Å². The van der Waals surface area contributed by atoms with Crippen LogP contribution in [0.25, 0.3) is 0 Å². The Kier molecular flexibility index (Phi) is 8.23. The van der Waals surface area contributed by atoms with Crippen molar-refractivity contribution < 1.29 is 29.6 Å². The van der Waals surface area contributed by atoms with Gasteiger partial charge in [0.2, 0.25) is 5.91 Å². The third-order valence-corrected chi connectivity index (χ3v) is 3.48. The van der Waals surface area contributed by atoms with Crippen LogP contribution in [0.15, 0.2) is 0 Å². The fourth-order valence-corrected chi connectivity index (χ4v) is 2.31. The van der Waals surface area contributed by atoms with Gasteiger partial charge >= 0.3 is 0 Å². The van der Waals surface area contributed by atoms with Gasteiger partial charge in [0.05, 0.1) is 6.61 Å². The van der Waals surface area contributed by atoms with Crippen molar-refractivity contribution in [3.8, 4) is 0 Å². The number of carbonyl (C=O) groups excluding carboxylic acids is 1. The van der Waals surface area contributed by atoms with Crippen LogP contribution < -0.4 is 5.32 Å². The smallest absolute Gasteiger partial charge is 0.217 e. The van der Waals surface area contributed by atoms with Gasteiger partial charge in [-0.2, -0.15) is 0 Å². The summed E-state index contributed by atoms with van der Waals surface area (Å²) in [6.07, 6.45) is -2.00. The molecule has 0 aromatic heterocycles. The van der Waals surface area contributed by atoms with Crippen molar-refractivity contribution in [2.75, 3.05) is 13.2 Å². The number of aliphatic hydroxyl groups is 3. The van der Waals surface area contributed by atoms with Crippen LogP contribution >= 0.6 is 12.2 Å². The summed E-state index contributed by atoms with van der Waals surface area (Å²) >= 11 is 4.73. The number of unbranched alkanes of at least 4 members (excludes halogenated alkanes) is 2. The Balaban J connectivity index is 2.60. The summed E-state index contributed by atoms with van der Waals surface area (Å²) in [5, 5.41) is 33.2. The molecule has 0 aromatic carbocycles. The average Bonchev–Trinajstić information content (AvgIpc) is 2.45. The van der Waals surface area contributed by atoms with Crippen LogP contribution in [0.4, 0.5) is 0 Å². The molecule has 1 aliphatic heterocycles. The van der Waals surface area contributed by atoms with Crippen molar-refractivity contribution in [3.63, 3.8) is 0 Å². The van der Waals surface area contributed by atoms with Crippen LogP contribution in [0.5, 0.6) is 0 Å². The highest BCUT2D eigenvalue weighted by Gasteiger charge is 2.45. The third kappa shape index (κ3) is 5.57. The quantitative estimate of drug-likeness (QED) is 0.339. The van der Waals surface area contributed by atoms with E-state index in [1.807, 2.05) is 0 Å². The van der Waals surface area contributed by atoms with Gasteiger partial charge in [-0.05, 0) is 24.6 Å². The zero-order chi connectivity index (χ0) is 15.8. The van der Waals surface area contributed by atoms with E-state index in [-0.39, 0.29) is 5.91 Å². The molecule has 0 unspecified atom stereocenters. The maximum atomic E-state index is 11.2. The largest absolute Gasteiger partial charge is 0.394 e. The van der Waals surface area contributed by atoms with E-state index in [0.29, 0.717) is 6.61 Å². The molecule has 0 aliphatic carbocycles. The van der Waals surface area contributed by atoms with Crippen molar-refractivity contribution in [2.24, 2.45) is 0 Å². The molecule has 0 spiro atoms. The summed E-state index contributed by atoms with van der Waals surface area (Å²) in [6.45, 7) is 1.22. The average molecular weight is 321 g/mol. The molecule has 5 atom stereocenters. The minimum Gasteiger partial charge on any atom is -0.394 e. The van der Waals surface area contributed by atoms with Gasteiger partial charge in [0.25, 0.3) is 0 Å². The Labute approximate surface area is 129 Å². The van der Waals surface area contributed by atoms with Crippen molar-refractivity contribution in [1.29, 1.82) is 0 Å². The Bertz CT molecular complexity index is 343. The molecule has 7 nitrogen and oxygen atoms in total. The standard InChI is InChI=1S/C13H23NO6S/c1-8(16)14-10-12(18)11(17)9(7-15)20-13(10)19-5-3-2-4-6-21/h6,9-13,15,17-18H,2-5,7H2,1H3,(H,14,16)/t9-,10-,11+,12-,13+/m1/s1. The molecule has 0 bridgehead atoms. The number of aliphatic hydroxyl groups excluding tert-OH is 3. The first-order valence-electron chi connectivity index (χ1n) is 6.96. The van der Waals surface area contributed by atoms with E-state index in [1.165, 1.54) is 6.92 Å². The summed E-state index contributed by atoms with van der Waals surface area (Å²) in [7, 11) is 0. The van der Waals surface area contributed by atoms with Crippen molar-refractivity contribution in [3.05, 3.63) is 0 Å². The van der Waals surface area contributed by atoms with E-state index < -0.39 is 37.3 Å². The number of ether oxygens (including phenoxy) is 2. The number of rotatable bonds is 8. The maximum Gasteiger partial charge on any atom is 0.217 e. The molecule has 1 saturated heterocycles. The number of hydrogen-bond donors (Lipinski definition) is 4. The lowest BCUT2D eigenvalue weighted by molar-refractivity contribution is -0.270. The molecule has 1 fully saturated rings. The second-order valence-corrected chi connectivity index (χ2v) is 5.30. The summed E-state index contributed by atoms with van der Waals surface area (Å²) in [6, 6.07) is -0.884. The molecule has 1 heterocycles. The van der Waals surface area contributed by atoms with Gasteiger partial charge in [-0.3, -0.25) is 4.79 Å². The van der Waals surface area contributed by atoms with Crippen LogP contribution in [-0.4, -0.2) is 70.5 Å². The van der Waals surface area contributed by atoms with Gasteiger partial charge < -0.3 is 30.1 Å². The monoisotopic (exact) mass is 321 g/mol. The number of carbonyl (C=O) groups is 1. The van der Waals surface area contributed by atoms with Gasteiger partial charge in [-0.15, -0.1) is 0 Å². The maximum absolute atomic E-state index is 11.2. The Morgan fingerprint density at radius 1 is 1.38 bits per heavy atom. The fourth-order valence-electron chi connectivity index (χ4n) is 2.14. The summed E-state index contributed by atoms with van der Waals surface area (Å²) < 4.78 is 10.9. The molecule has 0 saturated carbocycles. The molecule has 8 heteroatoms. The highest BCUT2D eigenvalue weighted by Crippen LogP contribution is 2.22. The molecule has 1 amide bonds.